The number of morpholine rings is 1. The van der Waals surface area contributed by atoms with Crippen molar-refractivity contribution in [2.24, 2.45) is 0 Å². The standard InChI is InChI=1S/C11H19NO5/c1-10(2,3)17-9(14)11(4,15)7-8(13)12-5-6-16-7/h7,15H,5-6H2,1-4H3,(H,12,13)/t7-,11+/m0/s1. The molecule has 98 valence electrons. The summed E-state index contributed by atoms with van der Waals surface area (Å²) in [5.41, 5.74) is -2.72. The van der Waals surface area contributed by atoms with Crippen LogP contribution in [0.2, 0.25) is 0 Å². The largest absolute Gasteiger partial charge is 0.458 e. The zero-order valence-corrected chi connectivity index (χ0v) is 10.6. The molecule has 0 spiro atoms. The predicted octanol–water partition coefficient (Wildman–Crippen LogP) is -0.406. The van der Waals surface area contributed by atoms with Crippen LogP contribution in [0.4, 0.5) is 0 Å². The Morgan fingerprint density at radius 1 is 1.47 bits per heavy atom. The molecule has 2 N–H and O–H groups in total. The molecule has 1 rings (SSSR count). The van der Waals surface area contributed by atoms with Crippen LogP contribution in [0.1, 0.15) is 27.7 Å². The highest BCUT2D eigenvalue weighted by atomic mass is 16.6. The summed E-state index contributed by atoms with van der Waals surface area (Å²) >= 11 is 0. The van der Waals surface area contributed by atoms with E-state index in [1.54, 1.807) is 20.8 Å². The molecule has 0 aromatic heterocycles. The van der Waals surface area contributed by atoms with Crippen molar-refractivity contribution in [2.45, 2.75) is 45.0 Å². The third kappa shape index (κ3) is 3.41. The molecule has 6 nitrogen and oxygen atoms in total. The van der Waals surface area contributed by atoms with Crippen molar-refractivity contribution in [3.05, 3.63) is 0 Å². The summed E-state index contributed by atoms with van der Waals surface area (Å²) in [5, 5.41) is 12.6. The van der Waals surface area contributed by atoms with Crippen LogP contribution in [0.5, 0.6) is 0 Å². The number of rotatable bonds is 2. The number of carbonyl (C=O) groups excluding carboxylic acids is 2. The quantitative estimate of drug-likeness (QED) is 0.646. The molecule has 0 aromatic rings. The lowest BCUT2D eigenvalue weighted by molar-refractivity contribution is -0.195. The number of ether oxygens (including phenoxy) is 2. The number of amides is 1. The monoisotopic (exact) mass is 245 g/mol. The number of hydrogen-bond acceptors (Lipinski definition) is 5. The molecule has 6 heteroatoms. The smallest absolute Gasteiger partial charge is 0.341 e. The highest BCUT2D eigenvalue weighted by Crippen LogP contribution is 2.21. The van der Waals surface area contributed by atoms with E-state index in [-0.39, 0.29) is 6.61 Å². The van der Waals surface area contributed by atoms with Gasteiger partial charge in [0.1, 0.15) is 5.60 Å². The molecular formula is C11H19NO5. The van der Waals surface area contributed by atoms with Crippen LogP contribution >= 0.6 is 0 Å². The van der Waals surface area contributed by atoms with Gasteiger partial charge in [-0.2, -0.15) is 0 Å². The van der Waals surface area contributed by atoms with Crippen LogP contribution in [-0.4, -0.2) is 47.4 Å². The van der Waals surface area contributed by atoms with E-state index in [4.69, 9.17) is 9.47 Å². The zero-order chi connectivity index (χ0) is 13.3. The highest BCUT2D eigenvalue weighted by molar-refractivity contribution is 5.91. The fraction of sp³-hybridized carbons (Fsp3) is 0.818. The first kappa shape index (κ1) is 13.9. The van der Waals surface area contributed by atoms with E-state index in [1.165, 1.54) is 6.92 Å². The maximum Gasteiger partial charge on any atom is 0.341 e. The predicted molar refractivity (Wildman–Crippen MR) is 59.2 cm³/mol. The summed E-state index contributed by atoms with van der Waals surface area (Å²) in [6.45, 7) is 6.90. The second kappa shape index (κ2) is 4.62. The van der Waals surface area contributed by atoms with Gasteiger partial charge in [0.2, 0.25) is 0 Å². The average Bonchev–Trinajstić information content (AvgIpc) is 2.15. The number of hydrogen-bond donors (Lipinski definition) is 2. The van der Waals surface area contributed by atoms with E-state index in [0.717, 1.165) is 0 Å². The summed E-state index contributed by atoms with van der Waals surface area (Å²) in [4.78, 5) is 23.3. The van der Waals surface area contributed by atoms with E-state index >= 15 is 0 Å². The molecule has 1 heterocycles. The molecule has 0 saturated carbocycles. The minimum Gasteiger partial charge on any atom is -0.458 e. The van der Waals surface area contributed by atoms with Crippen LogP contribution < -0.4 is 5.32 Å². The average molecular weight is 245 g/mol. The van der Waals surface area contributed by atoms with Gasteiger partial charge in [0, 0.05) is 6.54 Å². The number of aliphatic hydroxyl groups is 1. The molecule has 0 aliphatic carbocycles. The lowest BCUT2D eigenvalue weighted by Crippen LogP contribution is -2.60. The summed E-state index contributed by atoms with van der Waals surface area (Å²) in [7, 11) is 0. The van der Waals surface area contributed by atoms with Gasteiger partial charge in [0.05, 0.1) is 6.61 Å². The molecule has 1 fully saturated rings. The van der Waals surface area contributed by atoms with Gasteiger partial charge in [-0.25, -0.2) is 4.79 Å². The lowest BCUT2D eigenvalue weighted by Gasteiger charge is -2.34. The Kier molecular flexibility index (Phi) is 3.78. The van der Waals surface area contributed by atoms with Gasteiger partial charge in [-0.3, -0.25) is 4.79 Å². The first-order valence-corrected chi connectivity index (χ1v) is 5.50. The molecule has 2 atom stereocenters. The number of carbonyl (C=O) groups is 2. The molecule has 0 unspecified atom stereocenters. The minimum absolute atomic E-state index is 0.259. The van der Waals surface area contributed by atoms with Crippen LogP contribution in [-0.2, 0) is 19.1 Å². The van der Waals surface area contributed by atoms with Crippen LogP contribution in [0.25, 0.3) is 0 Å². The molecule has 0 aromatic carbocycles. The van der Waals surface area contributed by atoms with Crippen molar-refractivity contribution in [3.63, 3.8) is 0 Å². The van der Waals surface area contributed by atoms with Crippen molar-refractivity contribution >= 4 is 11.9 Å². The Morgan fingerprint density at radius 2 is 2.06 bits per heavy atom. The maximum absolute atomic E-state index is 11.8. The molecule has 17 heavy (non-hydrogen) atoms. The zero-order valence-electron chi connectivity index (χ0n) is 10.6. The topological polar surface area (TPSA) is 84.9 Å². The normalized spacial score (nSPS) is 24.8. The third-order valence-electron chi connectivity index (χ3n) is 2.25. The summed E-state index contributed by atoms with van der Waals surface area (Å²) in [6.07, 6.45) is -1.23. The van der Waals surface area contributed by atoms with E-state index in [2.05, 4.69) is 5.32 Å². The van der Waals surface area contributed by atoms with E-state index in [9.17, 15) is 14.7 Å². The molecule has 1 saturated heterocycles. The van der Waals surface area contributed by atoms with Crippen LogP contribution in [0.15, 0.2) is 0 Å². The fourth-order valence-corrected chi connectivity index (χ4v) is 1.43. The van der Waals surface area contributed by atoms with Gasteiger partial charge in [0.25, 0.3) is 5.91 Å². The van der Waals surface area contributed by atoms with Gasteiger partial charge in [-0.1, -0.05) is 0 Å². The van der Waals surface area contributed by atoms with Gasteiger partial charge >= 0.3 is 5.97 Å². The molecular weight excluding hydrogens is 226 g/mol. The van der Waals surface area contributed by atoms with Gasteiger partial charge in [-0.15, -0.1) is 0 Å². The van der Waals surface area contributed by atoms with Crippen molar-refractivity contribution in [1.82, 2.24) is 5.32 Å². The number of esters is 1. The highest BCUT2D eigenvalue weighted by Gasteiger charge is 2.48. The SMILES string of the molecule is CC(C)(C)OC(=O)[C@](C)(O)[C@H]1OCCNC1=O. The van der Waals surface area contributed by atoms with Gasteiger partial charge in [-0.05, 0) is 27.7 Å². The lowest BCUT2D eigenvalue weighted by atomic mass is 9.97. The molecule has 1 amide bonds. The van der Waals surface area contributed by atoms with Crippen LogP contribution in [0, 0.1) is 0 Å². The minimum atomic E-state index is -1.99. The van der Waals surface area contributed by atoms with Crippen molar-refractivity contribution in [2.75, 3.05) is 13.2 Å². The Balaban J connectivity index is 2.78. The first-order chi connectivity index (χ1) is 7.64. The summed E-state index contributed by atoms with van der Waals surface area (Å²) in [5.74, 6) is -1.38. The van der Waals surface area contributed by atoms with Gasteiger partial charge < -0.3 is 19.9 Å². The number of nitrogens with one attached hydrogen (secondary N) is 1. The first-order valence-electron chi connectivity index (χ1n) is 5.50. The van der Waals surface area contributed by atoms with Gasteiger partial charge in [0.15, 0.2) is 11.7 Å². The van der Waals surface area contributed by atoms with Crippen molar-refractivity contribution < 1.29 is 24.2 Å². The van der Waals surface area contributed by atoms with E-state index < -0.39 is 29.2 Å². The Labute approximate surface area is 100 Å². The second-order valence-corrected chi connectivity index (χ2v) is 5.19. The van der Waals surface area contributed by atoms with E-state index in [0.29, 0.717) is 6.54 Å². The maximum atomic E-state index is 11.8. The fourth-order valence-electron chi connectivity index (χ4n) is 1.43. The summed E-state index contributed by atoms with van der Waals surface area (Å²) < 4.78 is 10.2. The Morgan fingerprint density at radius 3 is 2.53 bits per heavy atom. The molecule has 0 bridgehead atoms. The molecule has 1 aliphatic heterocycles. The van der Waals surface area contributed by atoms with Crippen molar-refractivity contribution in [1.29, 1.82) is 0 Å². The Hall–Kier alpha value is -1.14. The van der Waals surface area contributed by atoms with Crippen molar-refractivity contribution in [3.8, 4) is 0 Å². The molecule has 0 radical (unpaired) electrons. The van der Waals surface area contributed by atoms with Crippen LogP contribution in [0.3, 0.4) is 0 Å². The third-order valence-corrected chi connectivity index (χ3v) is 2.25. The molecule has 1 aliphatic rings. The second-order valence-electron chi connectivity index (χ2n) is 5.19. The Bertz CT molecular complexity index is 318. The summed E-state index contributed by atoms with van der Waals surface area (Å²) in [6, 6.07) is 0. The van der Waals surface area contributed by atoms with E-state index in [1.807, 2.05) is 0 Å².